The lowest BCUT2D eigenvalue weighted by molar-refractivity contribution is 0.196. The monoisotopic (exact) mass is 170 g/mol. The minimum atomic E-state index is 0.549. The third kappa shape index (κ3) is 3.11. The highest BCUT2D eigenvalue weighted by molar-refractivity contribution is 4.80. The Bertz CT molecular complexity index is 124. The number of nitrogens with zero attached hydrogens (tertiary/aromatic N) is 1. The molecule has 0 bridgehead atoms. The highest BCUT2D eigenvalue weighted by atomic mass is 15.1. The first kappa shape index (κ1) is 10.0. The van der Waals surface area contributed by atoms with Crippen LogP contribution in [0.5, 0.6) is 0 Å². The predicted octanol–water partition coefficient (Wildman–Crippen LogP) is 1.33. The number of rotatable bonds is 2. The summed E-state index contributed by atoms with van der Waals surface area (Å²) in [5, 5.41) is 3.46. The molecule has 0 aromatic heterocycles. The van der Waals surface area contributed by atoms with E-state index < -0.39 is 0 Å². The van der Waals surface area contributed by atoms with Gasteiger partial charge in [0.1, 0.15) is 0 Å². The van der Waals surface area contributed by atoms with Gasteiger partial charge >= 0.3 is 0 Å². The van der Waals surface area contributed by atoms with Crippen molar-refractivity contribution in [3.05, 3.63) is 0 Å². The van der Waals surface area contributed by atoms with Crippen LogP contribution in [-0.2, 0) is 0 Å². The predicted molar refractivity (Wildman–Crippen MR) is 53.4 cm³/mol. The molecule has 2 heteroatoms. The highest BCUT2D eigenvalue weighted by Crippen LogP contribution is 2.29. The van der Waals surface area contributed by atoms with Crippen LogP contribution < -0.4 is 5.32 Å². The second kappa shape index (κ2) is 4.24. The van der Waals surface area contributed by atoms with Gasteiger partial charge in [0.25, 0.3) is 0 Å². The van der Waals surface area contributed by atoms with E-state index in [4.69, 9.17) is 0 Å². The first-order valence-corrected chi connectivity index (χ1v) is 4.98. The number of hydrogen-bond acceptors (Lipinski definition) is 2. The Kier molecular flexibility index (Phi) is 3.53. The average Bonchev–Trinajstić information content (AvgIpc) is 2.12. The first-order chi connectivity index (χ1) is 5.62. The minimum absolute atomic E-state index is 0.549. The topological polar surface area (TPSA) is 15.3 Å². The van der Waals surface area contributed by atoms with E-state index in [0.29, 0.717) is 5.41 Å². The van der Waals surface area contributed by atoms with Gasteiger partial charge in [0.2, 0.25) is 0 Å². The normalized spacial score (nSPS) is 32.0. The third-order valence-electron chi connectivity index (χ3n) is 2.74. The Morgan fingerprint density at radius 3 is 2.67 bits per heavy atom. The maximum absolute atomic E-state index is 3.46. The van der Waals surface area contributed by atoms with Crippen LogP contribution in [0.15, 0.2) is 0 Å². The number of nitrogens with one attached hydrogen (secondary N) is 1. The molecule has 72 valence electrons. The molecule has 1 aliphatic rings. The van der Waals surface area contributed by atoms with E-state index >= 15 is 0 Å². The molecule has 12 heavy (non-hydrogen) atoms. The molecule has 1 heterocycles. The summed E-state index contributed by atoms with van der Waals surface area (Å²) in [4.78, 5) is 2.31. The summed E-state index contributed by atoms with van der Waals surface area (Å²) < 4.78 is 0. The fourth-order valence-electron chi connectivity index (χ4n) is 2.20. The molecule has 1 unspecified atom stereocenters. The fraction of sp³-hybridized carbons (Fsp3) is 1.00. The maximum atomic E-state index is 3.46. The molecule has 1 atom stereocenters. The van der Waals surface area contributed by atoms with Gasteiger partial charge in [0, 0.05) is 6.54 Å². The first-order valence-electron chi connectivity index (χ1n) is 4.98. The van der Waals surface area contributed by atoms with E-state index in [0.717, 1.165) is 0 Å². The van der Waals surface area contributed by atoms with Gasteiger partial charge in [0.05, 0.1) is 0 Å². The Hall–Kier alpha value is -0.0800. The second-order valence-electron chi connectivity index (χ2n) is 4.65. The molecule has 0 aromatic rings. The smallest absolute Gasteiger partial charge is 0.00297 e. The van der Waals surface area contributed by atoms with Crippen molar-refractivity contribution in [2.24, 2.45) is 5.41 Å². The molecule has 1 rings (SSSR count). The number of hydrogen-bond donors (Lipinski definition) is 1. The Morgan fingerprint density at radius 1 is 1.25 bits per heavy atom. The van der Waals surface area contributed by atoms with Crippen LogP contribution in [0.1, 0.15) is 26.2 Å². The zero-order chi connectivity index (χ0) is 9.03. The molecule has 0 saturated carbocycles. The van der Waals surface area contributed by atoms with Gasteiger partial charge < -0.3 is 10.2 Å². The summed E-state index contributed by atoms with van der Waals surface area (Å²) >= 11 is 0. The summed E-state index contributed by atoms with van der Waals surface area (Å²) in [6.07, 6.45) is 4.04. The molecule has 1 aliphatic heterocycles. The van der Waals surface area contributed by atoms with Gasteiger partial charge in [-0.3, -0.25) is 0 Å². The lowest BCUT2D eigenvalue weighted by Gasteiger charge is -2.30. The van der Waals surface area contributed by atoms with Gasteiger partial charge in [-0.05, 0) is 51.9 Å². The summed E-state index contributed by atoms with van der Waals surface area (Å²) in [7, 11) is 4.34. The lowest BCUT2D eigenvalue weighted by Crippen LogP contribution is -2.31. The van der Waals surface area contributed by atoms with Crippen LogP contribution in [0.25, 0.3) is 0 Å². The molecule has 1 N–H and O–H groups in total. The van der Waals surface area contributed by atoms with E-state index in [1.54, 1.807) is 0 Å². The van der Waals surface area contributed by atoms with E-state index in [1.807, 2.05) is 0 Å². The van der Waals surface area contributed by atoms with Crippen molar-refractivity contribution in [3.63, 3.8) is 0 Å². The van der Waals surface area contributed by atoms with Crippen LogP contribution in [0.2, 0.25) is 0 Å². The molecular formula is C10H22N2. The van der Waals surface area contributed by atoms with Crippen molar-refractivity contribution >= 4 is 0 Å². The summed E-state index contributed by atoms with van der Waals surface area (Å²) in [6.45, 7) is 6.06. The van der Waals surface area contributed by atoms with Gasteiger partial charge in [0.15, 0.2) is 0 Å². The maximum Gasteiger partial charge on any atom is 0.00297 e. The van der Waals surface area contributed by atoms with E-state index in [-0.39, 0.29) is 0 Å². The van der Waals surface area contributed by atoms with Crippen molar-refractivity contribution in [1.82, 2.24) is 10.2 Å². The molecule has 0 aliphatic carbocycles. The summed E-state index contributed by atoms with van der Waals surface area (Å²) in [5.41, 5.74) is 0.549. The van der Waals surface area contributed by atoms with Gasteiger partial charge in [-0.15, -0.1) is 0 Å². The molecule has 1 saturated heterocycles. The molecule has 0 amide bonds. The zero-order valence-electron chi connectivity index (χ0n) is 8.69. The molecular weight excluding hydrogens is 148 g/mol. The quantitative estimate of drug-likeness (QED) is 0.672. The summed E-state index contributed by atoms with van der Waals surface area (Å²) in [5.74, 6) is 0. The summed E-state index contributed by atoms with van der Waals surface area (Å²) in [6, 6.07) is 0. The standard InChI is InChI=1S/C10H22N2/c1-10(9-12(2)3)5-4-7-11-8-6-10/h11H,4-9H2,1-3H3. The van der Waals surface area contributed by atoms with Crippen molar-refractivity contribution in [1.29, 1.82) is 0 Å². The van der Waals surface area contributed by atoms with E-state index in [9.17, 15) is 0 Å². The van der Waals surface area contributed by atoms with Crippen molar-refractivity contribution < 1.29 is 0 Å². The van der Waals surface area contributed by atoms with Gasteiger partial charge in [-0.1, -0.05) is 6.92 Å². The zero-order valence-corrected chi connectivity index (χ0v) is 8.69. The van der Waals surface area contributed by atoms with E-state index in [2.05, 4.69) is 31.2 Å². The third-order valence-corrected chi connectivity index (χ3v) is 2.74. The second-order valence-corrected chi connectivity index (χ2v) is 4.65. The van der Waals surface area contributed by atoms with Crippen molar-refractivity contribution in [2.45, 2.75) is 26.2 Å². The van der Waals surface area contributed by atoms with Crippen LogP contribution in [-0.4, -0.2) is 38.6 Å². The fourth-order valence-corrected chi connectivity index (χ4v) is 2.20. The Morgan fingerprint density at radius 2 is 2.00 bits per heavy atom. The van der Waals surface area contributed by atoms with Crippen LogP contribution in [0.4, 0.5) is 0 Å². The van der Waals surface area contributed by atoms with Crippen LogP contribution in [0, 0.1) is 5.41 Å². The SMILES string of the molecule is CN(C)CC1(C)CCCNCC1. The van der Waals surface area contributed by atoms with Crippen molar-refractivity contribution in [3.8, 4) is 0 Å². The molecule has 0 radical (unpaired) electrons. The molecule has 0 aromatic carbocycles. The highest BCUT2D eigenvalue weighted by Gasteiger charge is 2.25. The van der Waals surface area contributed by atoms with Gasteiger partial charge in [-0.25, -0.2) is 0 Å². The van der Waals surface area contributed by atoms with E-state index in [1.165, 1.54) is 38.9 Å². The Labute approximate surface area is 76.3 Å². The van der Waals surface area contributed by atoms with Crippen LogP contribution in [0.3, 0.4) is 0 Å². The molecule has 1 fully saturated rings. The van der Waals surface area contributed by atoms with Crippen molar-refractivity contribution in [2.75, 3.05) is 33.7 Å². The lowest BCUT2D eigenvalue weighted by atomic mass is 9.82. The van der Waals surface area contributed by atoms with Gasteiger partial charge in [-0.2, -0.15) is 0 Å². The minimum Gasteiger partial charge on any atom is -0.317 e. The molecule has 0 spiro atoms. The Balaban J connectivity index is 2.42. The van der Waals surface area contributed by atoms with Crippen LogP contribution >= 0.6 is 0 Å². The largest absolute Gasteiger partial charge is 0.317 e. The average molecular weight is 170 g/mol. The molecule has 2 nitrogen and oxygen atoms in total.